The lowest BCUT2D eigenvalue weighted by molar-refractivity contribution is 0.263. The molecule has 1 aliphatic heterocycles. The Morgan fingerprint density at radius 3 is 3.06 bits per heavy atom. The van der Waals surface area contributed by atoms with Crippen LogP contribution >= 0.6 is 0 Å². The quantitative estimate of drug-likeness (QED) is 0.893. The molecular weight excluding hydrogens is 226 g/mol. The van der Waals surface area contributed by atoms with Crippen molar-refractivity contribution in [1.29, 1.82) is 0 Å². The molecule has 0 saturated carbocycles. The maximum absolute atomic E-state index is 9.01. The highest BCUT2D eigenvalue weighted by Gasteiger charge is 2.24. The summed E-state index contributed by atoms with van der Waals surface area (Å²) in [7, 11) is 0. The molecule has 4 heteroatoms. The average molecular weight is 243 g/mol. The summed E-state index contributed by atoms with van der Waals surface area (Å²) in [6.07, 6.45) is 3.66. The molecule has 2 aromatic rings. The first-order chi connectivity index (χ1) is 8.88. The van der Waals surface area contributed by atoms with E-state index in [1.807, 2.05) is 18.2 Å². The number of aliphatic hydroxyl groups excluding tert-OH is 1. The first-order valence-electron chi connectivity index (χ1n) is 6.44. The SMILES string of the molecule is OCCC1CCN(c2ncnc3ccccc23)C1. The molecule has 1 unspecified atom stereocenters. The van der Waals surface area contributed by atoms with Crippen molar-refractivity contribution in [2.24, 2.45) is 5.92 Å². The topological polar surface area (TPSA) is 49.2 Å². The van der Waals surface area contributed by atoms with Crippen LogP contribution in [-0.4, -0.2) is 34.8 Å². The molecule has 0 radical (unpaired) electrons. The predicted octanol–water partition coefficient (Wildman–Crippen LogP) is 1.84. The van der Waals surface area contributed by atoms with Crippen molar-refractivity contribution < 1.29 is 5.11 Å². The fourth-order valence-electron chi connectivity index (χ4n) is 2.69. The molecule has 1 N–H and O–H groups in total. The molecule has 2 heterocycles. The van der Waals surface area contributed by atoms with E-state index in [0.717, 1.165) is 42.7 Å². The Bertz CT molecular complexity index is 538. The van der Waals surface area contributed by atoms with Crippen molar-refractivity contribution in [2.75, 3.05) is 24.6 Å². The van der Waals surface area contributed by atoms with Crippen molar-refractivity contribution in [3.05, 3.63) is 30.6 Å². The fraction of sp³-hybridized carbons (Fsp3) is 0.429. The van der Waals surface area contributed by atoms with Crippen molar-refractivity contribution in [3.63, 3.8) is 0 Å². The van der Waals surface area contributed by atoms with Crippen LogP contribution in [0, 0.1) is 5.92 Å². The molecule has 0 amide bonds. The van der Waals surface area contributed by atoms with E-state index < -0.39 is 0 Å². The molecule has 18 heavy (non-hydrogen) atoms. The zero-order valence-electron chi connectivity index (χ0n) is 10.3. The van der Waals surface area contributed by atoms with E-state index >= 15 is 0 Å². The Balaban J connectivity index is 1.91. The number of rotatable bonds is 3. The molecule has 1 atom stereocenters. The summed E-state index contributed by atoms with van der Waals surface area (Å²) >= 11 is 0. The summed E-state index contributed by atoms with van der Waals surface area (Å²) in [5.74, 6) is 1.62. The predicted molar refractivity (Wildman–Crippen MR) is 71.6 cm³/mol. The highest BCUT2D eigenvalue weighted by Crippen LogP contribution is 2.28. The monoisotopic (exact) mass is 243 g/mol. The van der Waals surface area contributed by atoms with Gasteiger partial charge in [0.05, 0.1) is 5.52 Å². The summed E-state index contributed by atoms with van der Waals surface area (Å²) in [5.41, 5.74) is 0.994. The van der Waals surface area contributed by atoms with Gasteiger partial charge in [-0.2, -0.15) is 0 Å². The Morgan fingerprint density at radius 2 is 2.17 bits per heavy atom. The lowest BCUT2D eigenvalue weighted by Gasteiger charge is -2.18. The van der Waals surface area contributed by atoms with E-state index in [0.29, 0.717) is 5.92 Å². The van der Waals surface area contributed by atoms with E-state index in [2.05, 4.69) is 20.9 Å². The third-order valence-electron chi connectivity index (χ3n) is 3.64. The Labute approximate surface area is 106 Å². The summed E-state index contributed by atoms with van der Waals surface area (Å²) in [6, 6.07) is 8.11. The van der Waals surface area contributed by atoms with Gasteiger partial charge >= 0.3 is 0 Å². The van der Waals surface area contributed by atoms with Crippen LogP contribution in [0.2, 0.25) is 0 Å². The van der Waals surface area contributed by atoms with Gasteiger partial charge < -0.3 is 10.0 Å². The number of nitrogens with zero attached hydrogens (tertiary/aromatic N) is 3. The second-order valence-electron chi connectivity index (χ2n) is 4.83. The van der Waals surface area contributed by atoms with Gasteiger partial charge in [-0.3, -0.25) is 0 Å². The largest absolute Gasteiger partial charge is 0.396 e. The third-order valence-corrected chi connectivity index (χ3v) is 3.64. The second-order valence-corrected chi connectivity index (χ2v) is 4.83. The van der Waals surface area contributed by atoms with Crippen LogP contribution in [0.15, 0.2) is 30.6 Å². The molecule has 0 aliphatic carbocycles. The number of hydrogen-bond donors (Lipinski definition) is 1. The van der Waals surface area contributed by atoms with Crippen LogP contribution in [0.3, 0.4) is 0 Å². The van der Waals surface area contributed by atoms with Gasteiger partial charge in [0.2, 0.25) is 0 Å². The molecule has 1 aromatic carbocycles. The summed E-state index contributed by atoms with van der Waals surface area (Å²) in [4.78, 5) is 11.0. The number of para-hydroxylation sites is 1. The Kier molecular flexibility index (Phi) is 3.11. The third kappa shape index (κ3) is 2.04. The summed E-state index contributed by atoms with van der Waals surface area (Å²) < 4.78 is 0. The minimum Gasteiger partial charge on any atom is -0.396 e. The molecule has 4 nitrogen and oxygen atoms in total. The highest BCUT2D eigenvalue weighted by molar-refractivity contribution is 5.89. The standard InChI is InChI=1S/C14H17N3O/c18-8-6-11-5-7-17(9-11)14-12-3-1-2-4-13(12)15-10-16-14/h1-4,10-11,18H,5-9H2. The van der Waals surface area contributed by atoms with E-state index in [1.165, 1.54) is 0 Å². The van der Waals surface area contributed by atoms with Crippen LogP contribution in [0.1, 0.15) is 12.8 Å². The first kappa shape index (κ1) is 11.4. The van der Waals surface area contributed by atoms with Crippen LogP contribution in [-0.2, 0) is 0 Å². The van der Waals surface area contributed by atoms with E-state index in [4.69, 9.17) is 5.11 Å². The van der Waals surface area contributed by atoms with Gasteiger partial charge in [-0.15, -0.1) is 0 Å². The van der Waals surface area contributed by atoms with Crippen molar-refractivity contribution in [3.8, 4) is 0 Å². The normalized spacial score (nSPS) is 19.6. The summed E-state index contributed by atoms with van der Waals surface area (Å²) in [5, 5.41) is 10.1. The summed E-state index contributed by atoms with van der Waals surface area (Å²) in [6.45, 7) is 2.29. The Hall–Kier alpha value is -1.68. The van der Waals surface area contributed by atoms with Crippen LogP contribution in [0.25, 0.3) is 10.9 Å². The number of hydrogen-bond acceptors (Lipinski definition) is 4. The molecule has 1 saturated heterocycles. The van der Waals surface area contributed by atoms with Gasteiger partial charge in [0.25, 0.3) is 0 Å². The maximum Gasteiger partial charge on any atom is 0.139 e. The minimum absolute atomic E-state index is 0.281. The number of aromatic nitrogens is 2. The van der Waals surface area contributed by atoms with Gasteiger partial charge in [0.15, 0.2) is 0 Å². The van der Waals surface area contributed by atoms with Crippen molar-refractivity contribution >= 4 is 16.7 Å². The van der Waals surface area contributed by atoms with Gasteiger partial charge in [-0.25, -0.2) is 9.97 Å². The molecule has 0 bridgehead atoms. The van der Waals surface area contributed by atoms with Gasteiger partial charge in [-0.05, 0) is 30.9 Å². The zero-order valence-corrected chi connectivity index (χ0v) is 10.3. The first-order valence-corrected chi connectivity index (χ1v) is 6.44. The van der Waals surface area contributed by atoms with E-state index in [1.54, 1.807) is 6.33 Å². The molecule has 3 rings (SSSR count). The van der Waals surface area contributed by atoms with E-state index in [-0.39, 0.29) is 6.61 Å². The van der Waals surface area contributed by atoms with Gasteiger partial charge in [0.1, 0.15) is 12.1 Å². The molecule has 1 aromatic heterocycles. The maximum atomic E-state index is 9.01. The molecule has 0 spiro atoms. The van der Waals surface area contributed by atoms with Gasteiger partial charge in [-0.1, -0.05) is 12.1 Å². The lowest BCUT2D eigenvalue weighted by atomic mass is 10.1. The minimum atomic E-state index is 0.281. The molecule has 1 fully saturated rings. The second kappa shape index (κ2) is 4.90. The van der Waals surface area contributed by atoms with Crippen LogP contribution < -0.4 is 4.90 Å². The lowest BCUT2D eigenvalue weighted by Crippen LogP contribution is -2.21. The Morgan fingerprint density at radius 1 is 1.28 bits per heavy atom. The van der Waals surface area contributed by atoms with Crippen LogP contribution in [0.4, 0.5) is 5.82 Å². The smallest absolute Gasteiger partial charge is 0.139 e. The molecular formula is C14H17N3O. The van der Waals surface area contributed by atoms with Crippen molar-refractivity contribution in [2.45, 2.75) is 12.8 Å². The number of benzene rings is 1. The number of anilines is 1. The average Bonchev–Trinajstić information content (AvgIpc) is 2.87. The highest BCUT2D eigenvalue weighted by atomic mass is 16.3. The fourth-order valence-corrected chi connectivity index (χ4v) is 2.69. The van der Waals surface area contributed by atoms with Crippen LogP contribution in [0.5, 0.6) is 0 Å². The van der Waals surface area contributed by atoms with Crippen molar-refractivity contribution in [1.82, 2.24) is 9.97 Å². The van der Waals surface area contributed by atoms with Gasteiger partial charge in [0, 0.05) is 25.1 Å². The van der Waals surface area contributed by atoms with E-state index in [9.17, 15) is 0 Å². The number of fused-ring (bicyclic) bond motifs is 1. The number of aliphatic hydroxyl groups is 1. The zero-order chi connectivity index (χ0) is 12.4. The molecule has 94 valence electrons. The molecule has 1 aliphatic rings.